The molecule has 1 saturated carbocycles. The summed E-state index contributed by atoms with van der Waals surface area (Å²) in [6.45, 7) is 3.53. The summed E-state index contributed by atoms with van der Waals surface area (Å²) in [5.41, 5.74) is 1.45. The molecule has 0 aromatic carbocycles. The van der Waals surface area contributed by atoms with E-state index in [2.05, 4.69) is 9.97 Å². The largest absolute Gasteiger partial charge is 0.299 e. The van der Waals surface area contributed by atoms with Crippen molar-refractivity contribution in [3.63, 3.8) is 0 Å². The third kappa shape index (κ3) is 1.24. The van der Waals surface area contributed by atoms with E-state index >= 15 is 0 Å². The second-order valence-corrected chi connectivity index (χ2v) is 3.68. The third-order valence-electron chi connectivity index (χ3n) is 2.70. The molecule has 1 aromatic heterocycles. The van der Waals surface area contributed by atoms with E-state index in [4.69, 9.17) is 0 Å². The van der Waals surface area contributed by atoms with E-state index in [-0.39, 0.29) is 11.2 Å². The number of aryl methyl sites for hydroxylation is 1. The Balaban J connectivity index is 2.36. The maximum Gasteiger partial charge on any atom is 0.141 e. The smallest absolute Gasteiger partial charge is 0.141 e. The van der Waals surface area contributed by atoms with Crippen molar-refractivity contribution in [3.8, 4) is 0 Å². The van der Waals surface area contributed by atoms with Crippen molar-refractivity contribution in [2.45, 2.75) is 32.1 Å². The number of Topliss-reactive ketones (excluding diaryl/α,β-unsaturated/α-hetero) is 1. The highest BCUT2D eigenvalue weighted by molar-refractivity contribution is 5.90. The molecule has 0 saturated heterocycles. The summed E-state index contributed by atoms with van der Waals surface area (Å²) in [5.74, 6) is 0.214. The molecule has 0 unspecified atom stereocenters. The lowest BCUT2D eigenvalue weighted by molar-refractivity contribution is -0.119. The van der Waals surface area contributed by atoms with Crippen LogP contribution in [0.15, 0.2) is 12.4 Å². The van der Waals surface area contributed by atoms with Gasteiger partial charge >= 0.3 is 0 Å². The molecule has 0 bridgehead atoms. The van der Waals surface area contributed by atoms with E-state index in [1.165, 1.54) is 0 Å². The highest BCUT2D eigenvalue weighted by atomic mass is 16.1. The second kappa shape index (κ2) is 2.62. The van der Waals surface area contributed by atoms with Crippen LogP contribution in [-0.4, -0.2) is 15.8 Å². The Morgan fingerprint density at radius 2 is 2.08 bits per heavy atom. The van der Waals surface area contributed by atoms with Gasteiger partial charge in [0.05, 0.1) is 16.8 Å². The minimum atomic E-state index is -0.277. The fourth-order valence-corrected chi connectivity index (χ4v) is 1.55. The Bertz CT molecular complexity index is 338. The monoisotopic (exact) mass is 176 g/mol. The van der Waals surface area contributed by atoms with Gasteiger partial charge in [0.2, 0.25) is 0 Å². The molecule has 0 amide bonds. The summed E-state index contributed by atoms with van der Waals surface area (Å²) >= 11 is 0. The summed E-state index contributed by atoms with van der Waals surface area (Å²) in [6, 6.07) is 0. The molecule has 1 aromatic rings. The number of carbonyl (C=O) groups excluding carboxylic acids is 1. The normalized spacial score (nSPS) is 18.3. The molecule has 1 heterocycles. The molecule has 3 nitrogen and oxygen atoms in total. The van der Waals surface area contributed by atoms with Crippen molar-refractivity contribution in [3.05, 3.63) is 23.8 Å². The summed E-state index contributed by atoms with van der Waals surface area (Å²) in [5, 5.41) is 0. The molecule has 0 atom stereocenters. The van der Waals surface area contributed by atoms with Gasteiger partial charge < -0.3 is 0 Å². The van der Waals surface area contributed by atoms with Gasteiger partial charge in [-0.05, 0) is 26.7 Å². The molecule has 2 rings (SSSR count). The van der Waals surface area contributed by atoms with Crippen LogP contribution in [0.25, 0.3) is 0 Å². The van der Waals surface area contributed by atoms with E-state index < -0.39 is 0 Å². The predicted molar refractivity (Wildman–Crippen MR) is 48.4 cm³/mol. The number of aromatic nitrogens is 2. The van der Waals surface area contributed by atoms with Gasteiger partial charge in [0.25, 0.3) is 0 Å². The molecular weight excluding hydrogens is 164 g/mol. The van der Waals surface area contributed by atoms with Crippen molar-refractivity contribution in [2.75, 3.05) is 0 Å². The molecule has 0 N–H and O–H groups in total. The standard InChI is InChI=1S/C10H12N2O/c1-7-5-12-9(6-11-7)10(3-4-10)8(2)13/h5-6H,3-4H2,1-2H3. The maximum atomic E-state index is 11.3. The molecule has 1 aliphatic carbocycles. The highest BCUT2D eigenvalue weighted by Gasteiger charge is 2.50. The van der Waals surface area contributed by atoms with Crippen LogP contribution in [0, 0.1) is 6.92 Å². The lowest BCUT2D eigenvalue weighted by Gasteiger charge is -2.09. The lowest BCUT2D eigenvalue weighted by atomic mass is 9.98. The SMILES string of the molecule is CC(=O)C1(c2cnc(C)cn2)CC1. The van der Waals surface area contributed by atoms with Crippen LogP contribution in [0.3, 0.4) is 0 Å². The molecule has 3 heteroatoms. The molecule has 0 spiro atoms. The van der Waals surface area contributed by atoms with Crippen LogP contribution >= 0.6 is 0 Å². The Morgan fingerprint density at radius 1 is 1.38 bits per heavy atom. The van der Waals surface area contributed by atoms with E-state index in [9.17, 15) is 4.79 Å². The predicted octanol–water partition coefficient (Wildman–Crippen LogP) is 1.41. The Morgan fingerprint density at radius 3 is 2.46 bits per heavy atom. The van der Waals surface area contributed by atoms with E-state index in [1.807, 2.05) is 6.92 Å². The van der Waals surface area contributed by atoms with Crippen molar-refractivity contribution >= 4 is 5.78 Å². The van der Waals surface area contributed by atoms with Gasteiger partial charge in [0.1, 0.15) is 5.78 Å². The number of hydrogen-bond donors (Lipinski definition) is 0. The molecular formula is C10H12N2O. The van der Waals surface area contributed by atoms with Gasteiger partial charge in [-0.3, -0.25) is 14.8 Å². The van der Waals surface area contributed by atoms with Gasteiger partial charge in [-0.25, -0.2) is 0 Å². The van der Waals surface area contributed by atoms with Crippen molar-refractivity contribution in [1.82, 2.24) is 9.97 Å². The van der Waals surface area contributed by atoms with Crippen LogP contribution in [0.5, 0.6) is 0 Å². The van der Waals surface area contributed by atoms with Crippen LogP contribution < -0.4 is 0 Å². The van der Waals surface area contributed by atoms with Gasteiger partial charge in [-0.15, -0.1) is 0 Å². The average molecular weight is 176 g/mol. The zero-order chi connectivity index (χ0) is 9.47. The van der Waals surface area contributed by atoms with Crippen molar-refractivity contribution in [1.29, 1.82) is 0 Å². The minimum absolute atomic E-state index is 0.214. The average Bonchev–Trinajstić information content (AvgIpc) is 2.86. The quantitative estimate of drug-likeness (QED) is 0.684. The molecule has 13 heavy (non-hydrogen) atoms. The van der Waals surface area contributed by atoms with Gasteiger partial charge in [-0.2, -0.15) is 0 Å². The molecule has 0 aliphatic heterocycles. The van der Waals surface area contributed by atoms with Crippen LogP contribution in [0.4, 0.5) is 0 Å². The maximum absolute atomic E-state index is 11.3. The first-order valence-electron chi connectivity index (χ1n) is 4.45. The topological polar surface area (TPSA) is 42.9 Å². The van der Waals surface area contributed by atoms with Crippen molar-refractivity contribution in [2.24, 2.45) is 0 Å². The van der Waals surface area contributed by atoms with Gasteiger partial charge in [0.15, 0.2) is 0 Å². The summed E-state index contributed by atoms with van der Waals surface area (Å²) < 4.78 is 0. The zero-order valence-corrected chi connectivity index (χ0v) is 7.87. The number of hydrogen-bond acceptors (Lipinski definition) is 3. The fourth-order valence-electron chi connectivity index (χ4n) is 1.55. The zero-order valence-electron chi connectivity index (χ0n) is 7.87. The van der Waals surface area contributed by atoms with Gasteiger partial charge in [-0.1, -0.05) is 0 Å². The highest BCUT2D eigenvalue weighted by Crippen LogP contribution is 2.47. The Labute approximate surface area is 77.2 Å². The molecule has 0 radical (unpaired) electrons. The first kappa shape index (κ1) is 8.35. The first-order valence-corrected chi connectivity index (χ1v) is 4.45. The Hall–Kier alpha value is -1.25. The van der Waals surface area contributed by atoms with Crippen LogP contribution in [0.2, 0.25) is 0 Å². The lowest BCUT2D eigenvalue weighted by Crippen LogP contribution is -2.18. The van der Waals surface area contributed by atoms with Crippen LogP contribution in [-0.2, 0) is 10.2 Å². The number of carbonyl (C=O) groups is 1. The summed E-state index contributed by atoms with van der Waals surface area (Å²) in [7, 11) is 0. The molecule has 1 fully saturated rings. The summed E-state index contributed by atoms with van der Waals surface area (Å²) in [4.78, 5) is 19.7. The van der Waals surface area contributed by atoms with E-state index in [0.29, 0.717) is 0 Å². The second-order valence-electron chi connectivity index (χ2n) is 3.68. The molecule has 1 aliphatic rings. The summed E-state index contributed by atoms with van der Waals surface area (Å²) in [6.07, 6.45) is 5.31. The third-order valence-corrected chi connectivity index (χ3v) is 2.70. The number of nitrogens with zero attached hydrogens (tertiary/aromatic N) is 2. The first-order chi connectivity index (χ1) is 6.15. The Kier molecular flexibility index (Phi) is 1.68. The van der Waals surface area contributed by atoms with Crippen molar-refractivity contribution < 1.29 is 4.79 Å². The number of ketones is 1. The van der Waals surface area contributed by atoms with E-state index in [1.54, 1.807) is 19.3 Å². The molecule has 68 valence electrons. The van der Waals surface area contributed by atoms with Gasteiger partial charge in [0, 0.05) is 12.4 Å². The fraction of sp³-hybridized carbons (Fsp3) is 0.500. The number of rotatable bonds is 2. The van der Waals surface area contributed by atoms with E-state index in [0.717, 1.165) is 24.2 Å². The van der Waals surface area contributed by atoms with Crippen LogP contribution in [0.1, 0.15) is 31.2 Å². The minimum Gasteiger partial charge on any atom is -0.299 e.